The minimum Gasteiger partial charge on any atom is -0.357 e. The molecule has 1 amide bonds. The van der Waals surface area contributed by atoms with Crippen molar-refractivity contribution < 1.29 is 4.79 Å². The van der Waals surface area contributed by atoms with Crippen LogP contribution >= 0.6 is 0 Å². The normalized spacial score (nSPS) is 23.1. The second-order valence-electron chi connectivity index (χ2n) is 8.34. The van der Waals surface area contributed by atoms with Gasteiger partial charge >= 0.3 is 0 Å². The van der Waals surface area contributed by atoms with Gasteiger partial charge < -0.3 is 15.5 Å². The first-order valence-electron chi connectivity index (χ1n) is 10.5. The average molecular weight is 366 g/mol. The maximum Gasteiger partial charge on any atom is 0.225 e. The highest BCUT2D eigenvalue weighted by molar-refractivity contribution is 5.81. The van der Waals surface area contributed by atoms with E-state index in [1.807, 2.05) is 18.7 Å². The third-order valence-corrected chi connectivity index (χ3v) is 5.49. The summed E-state index contributed by atoms with van der Waals surface area (Å²) < 4.78 is 0. The minimum atomic E-state index is 0.0721. The Hall–Kier alpha value is -1.30. The Labute approximate surface area is 159 Å². The van der Waals surface area contributed by atoms with Gasteiger partial charge in [-0.05, 0) is 45.2 Å². The molecule has 2 aliphatic rings. The third-order valence-electron chi connectivity index (χ3n) is 5.49. The van der Waals surface area contributed by atoms with Crippen molar-refractivity contribution in [2.24, 2.45) is 16.8 Å². The van der Waals surface area contributed by atoms with E-state index in [2.05, 4.69) is 36.3 Å². The van der Waals surface area contributed by atoms with Gasteiger partial charge in [0.1, 0.15) is 0 Å². The standard InChI is InChI=1S/C20H39N5O/c1-6-21-20(22-13-18(15(2)3)24-10-7-8-11-24)23-17-9-12-25(14-17)19(26)16(4)5/h15-18H,6-14H2,1-5H3,(H2,21,22,23). The first kappa shape index (κ1) is 21.0. The van der Waals surface area contributed by atoms with Crippen LogP contribution in [-0.4, -0.2) is 73.0 Å². The van der Waals surface area contributed by atoms with Gasteiger partial charge in [-0.2, -0.15) is 0 Å². The molecule has 2 unspecified atom stereocenters. The predicted molar refractivity (Wildman–Crippen MR) is 108 cm³/mol. The summed E-state index contributed by atoms with van der Waals surface area (Å²) >= 11 is 0. The Morgan fingerprint density at radius 2 is 1.85 bits per heavy atom. The molecule has 0 radical (unpaired) electrons. The van der Waals surface area contributed by atoms with Crippen molar-refractivity contribution in [2.75, 3.05) is 39.3 Å². The molecular weight excluding hydrogens is 326 g/mol. The summed E-state index contributed by atoms with van der Waals surface area (Å²) in [7, 11) is 0. The van der Waals surface area contributed by atoms with Gasteiger partial charge in [0.2, 0.25) is 5.91 Å². The zero-order chi connectivity index (χ0) is 19.1. The number of carbonyl (C=O) groups excluding carboxylic acids is 1. The van der Waals surface area contributed by atoms with Crippen LogP contribution in [0.3, 0.4) is 0 Å². The van der Waals surface area contributed by atoms with Crippen LogP contribution in [-0.2, 0) is 4.79 Å². The summed E-state index contributed by atoms with van der Waals surface area (Å²) in [4.78, 5) is 21.7. The highest BCUT2D eigenvalue weighted by Gasteiger charge is 2.28. The lowest BCUT2D eigenvalue weighted by atomic mass is 10.0. The fourth-order valence-corrected chi connectivity index (χ4v) is 3.96. The maximum absolute atomic E-state index is 12.2. The fourth-order valence-electron chi connectivity index (χ4n) is 3.96. The average Bonchev–Trinajstić information content (AvgIpc) is 3.26. The number of hydrogen-bond acceptors (Lipinski definition) is 3. The van der Waals surface area contributed by atoms with Crippen molar-refractivity contribution in [2.45, 2.75) is 66.0 Å². The molecule has 6 heteroatoms. The Kier molecular flexibility index (Phi) is 8.19. The summed E-state index contributed by atoms with van der Waals surface area (Å²) in [6.07, 6.45) is 3.61. The molecular formula is C20H39N5O. The van der Waals surface area contributed by atoms with E-state index in [1.54, 1.807) is 0 Å². The number of nitrogens with one attached hydrogen (secondary N) is 2. The Balaban J connectivity index is 1.92. The SMILES string of the molecule is CCNC(=NCC(C(C)C)N1CCCC1)NC1CCN(C(=O)C(C)C)C1. The summed E-state index contributed by atoms with van der Waals surface area (Å²) in [5, 5.41) is 6.93. The Morgan fingerprint density at radius 3 is 2.42 bits per heavy atom. The number of hydrogen-bond donors (Lipinski definition) is 2. The van der Waals surface area contributed by atoms with E-state index in [4.69, 9.17) is 4.99 Å². The van der Waals surface area contributed by atoms with Crippen molar-refractivity contribution in [3.05, 3.63) is 0 Å². The lowest BCUT2D eigenvalue weighted by Crippen LogP contribution is -2.46. The quantitative estimate of drug-likeness (QED) is 0.535. The van der Waals surface area contributed by atoms with Crippen LogP contribution in [0, 0.1) is 11.8 Å². The Bertz CT molecular complexity index is 471. The molecule has 0 aliphatic carbocycles. The Morgan fingerprint density at radius 1 is 1.15 bits per heavy atom. The van der Waals surface area contributed by atoms with Crippen LogP contribution in [0.25, 0.3) is 0 Å². The van der Waals surface area contributed by atoms with E-state index in [1.165, 1.54) is 25.9 Å². The van der Waals surface area contributed by atoms with Crippen LogP contribution in [0.1, 0.15) is 53.9 Å². The van der Waals surface area contributed by atoms with Crippen molar-refractivity contribution in [1.82, 2.24) is 20.4 Å². The van der Waals surface area contributed by atoms with Gasteiger partial charge in [0, 0.05) is 37.6 Å². The number of amides is 1. The van der Waals surface area contributed by atoms with E-state index in [9.17, 15) is 4.79 Å². The van der Waals surface area contributed by atoms with Crippen molar-refractivity contribution in [1.29, 1.82) is 0 Å². The van der Waals surface area contributed by atoms with E-state index in [0.717, 1.165) is 38.6 Å². The molecule has 0 aromatic heterocycles. The van der Waals surface area contributed by atoms with Gasteiger partial charge in [-0.25, -0.2) is 0 Å². The number of rotatable bonds is 7. The lowest BCUT2D eigenvalue weighted by Gasteiger charge is -2.30. The van der Waals surface area contributed by atoms with Crippen LogP contribution in [0.2, 0.25) is 0 Å². The molecule has 2 saturated heterocycles. The molecule has 2 fully saturated rings. The fraction of sp³-hybridized carbons (Fsp3) is 0.900. The number of aliphatic imine (C=N–C) groups is 1. The van der Waals surface area contributed by atoms with Crippen molar-refractivity contribution >= 4 is 11.9 Å². The van der Waals surface area contributed by atoms with Gasteiger partial charge in [-0.15, -0.1) is 0 Å². The highest BCUT2D eigenvalue weighted by atomic mass is 16.2. The molecule has 150 valence electrons. The van der Waals surface area contributed by atoms with Gasteiger partial charge in [0.05, 0.1) is 6.54 Å². The molecule has 2 atom stereocenters. The van der Waals surface area contributed by atoms with Crippen LogP contribution < -0.4 is 10.6 Å². The smallest absolute Gasteiger partial charge is 0.225 e. The summed E-state index contributed by atoms with van der Waals surface area (Å²) in [5.74, 6) is 1.82. The van der Waals surface area contributed by atoms with E-state index in [0.29, 0.717) is 18.0 Å². The largest absolute Gasteiger partial charge is 0.357 e. The van der Waals surface area contributed by atoms with E-state index < -0.39 is 0 Å². The van der Waals surface area contributed by atoms with Gasteiger partial charge in [0.25, 0.3) is 0 Å². The van der Waals surface area contributed by atoms with Crippen LogP contribution in [0.4, 0.5) is 0 Å². The van der Waals surface area contributed by atoms with E-state index in [-0.39, 0.29) is 11.8 Å². The topological polar surface area (TPSA) is 60.0 Å². The third kappa shape index (κ3) is 5.86. The van der Waals surface area contributed by atoms with E-state index >= 15 is 0 Å². The van der Waals surface area contributed by atoms with Gasteiger partial charge in [0.15, 0.2) is 5.96 Å². The second-order valence-corrected chi connectivity index (χ2v) is 8.34. The van der Waals surface area contributed by atoms with Crippen molar-refractivity contribution in [3.63, 3.8) is 0 Å². The lowest BCUT2D eigenvalue weighted by molar-refractivity contribution is -0.133. The number of likely N-dealkylation sites (tertiary alicyclic amines) is 2. The van der Waals surface area contributed by atoms with Crippen molar-refractivity contribution in [3.8, 4) is 0 Å². The molecule has 6 nitrogen and oxygen atoms in total. The maximum atomic E-state index is 12.2. The molecule has 0 saturated carbocycles. The highest BCUT2D eigenvalue weighted by Crippen LogP contribution is 2.18. The molecule has 0 spiro atoms. The first-order chi connectivity index (χ1) is 12.4. The second kappa shape index (κ2) is 10.1. The molecule has 0 aromatic carbocycles. The zero-order valence-electron chi connectivity index (χ0n) is 17.4. The molecule has 2 heterocycles. The number of carbonyl (C=O) groups is 1. The number of nitrogens with zero attached hydrogens (tertiary/aromatic N) is 3. The monoisotopic (exact) mass is 365 g/mol. The minimum absolute atomic E-state index is 0.0721. The zero-order valence-corrected chi connectivity index (χ0v) is 17.4. The predicted octanol–water partition coefficient (Wildman–Crippen LogP) is 1.92. The summed E-state index contributed by atoms with van der Waals surface area (Å²) in [6.45, 7) is 16.3. The molecule has 0 aromatic rings. The molecule has 26 heavy (non-hydrogen) atoms. The number of guanidine groups is 1. The van der Waals surface area contributed by atoms with Gasteiger partial charge in [-0.3, -0.25) is 14.7 Å². The van der Waals surface area contributed by atoms with Crippen LogP contribution in [0.5, 0.6) is 0 Å². The van der Waals surface area contributed by atoms with Crippen LogP contribution in [0.15, 0.2) is 4.99 Å². The molecule has 2 N–H and O–H groups in total. The van der Waals surface area contributed by atoms with Gasteiger partial charge in [-0.1, -0.05) is 27.7 Å². The summed E-state index contributed by atoms with van der Waals surface area (Å²) in [6, 6.07) is 0.801. The first-order valence-corrected chi connectivity index (χ1v) is 10.5. The molecule has 0 bridgehead atoms. The molecule has 2 rings (SSSR count). The molecule has 2 aliphatic heterocycles. The summed E-state index contributed by atoms with van der Waals surface area (Å²) in [5.41, 5.74) is 0.